The standard InChI is InChI=1S/C18H17N3O2S/c1-3-10-20-18(23)14-7-5-6-8-15(14)21-17(22)13-9-11-19-16(12-13)24-4-2/h1,5-9,11-12H,4,10H2,2H3,(H,20,23)(H,21,22). The molecule has 0 atom stereocenters. The number of aromatic nitrogens is 1. The number of rotatable bonds is 6. The topological polar surface area (TPSA) is 71.1 Å². The summed E-state index contributed by atoms with van der Waals surface area (Å²) in [7, 11) is 0. The lowest BCUT2D eigenvalue weighted by Crippen LogP contribution is -2.25. The van der Waals surface area contributed by atoms with Gasteiger partial charge >= 0.3 is 0 Å². The second-order valence-corrected chi connectivity index (χ2v) is 5.99. The van der Waals surface area contributed by atoms with Crippen molar-refractivity contribution in [3.05, 3.63) is 53.7 Å². The first-order chi connectivity index (χ1) is 11.7. The lowest BCUT2D eigenvalue weighted by Gasteiger charge is -2.11. The van der Waals surface area contributed by atoms with Gasteiger partial charge in [0.05, 0.1) is 22.8 Å². The molecule has 0 saturated heterocycles. The highest BCUT2D eigenvalue weighted by Gasteiger charge is 2.14. The normalized spacial score (nSPS) is 9.83. The van der Waals surface area contributed by atoms with E-state index in [9.17, 15) is 9.59 Å². The first kappa shape index (κ1) is 17.6. The summed E-state index contributed by atoms with van der Waals surface area (Å²) >= 11 is 1.56. The van der Waals surface area contributed by atoms with Gasteiger partial charge in [0.2, 0.25) is 0 Å². The Labute approximate surface area is 145 Å². The van der Waals surface area contributed by atoms with Crippen LogP contribution in [0.2, 0.25) is 0 Å². The third kappa shape index (κ3) is 4.61. The highest BCUT2D eigenvalue weighted by Crippen LogP contribution is 2.19. The van der Waals surface area contributed by atoms with Crippen molar-refractivity contribution < 1.29 is 9.59 Å². The van der Waals surface area contributed by atoms with Crippen molar-refractivity contribution in [1.29, 1.82) is 0 Å². The van der Waals surface area contributed by atoms with Crippen molar-refractivity contribution in [2.75, 3.05) is 17.6 Å². The van der Waals surface area contributed by atoms with E-state index in [1.165, 1.54) is 0 Å². The fourth-order valence-electron chi connectivity index (χ4n) is 1.99. The molecule has 0 bridgehead atoms. The third-order valence-electron chi connectivity index (χ3n) is 3.06. The van der Waals surface area contributed by atoms with Crippen molar-refractivity contribution in [3.8, 4) is 12.3 Å². The Bertz CT molecular complexity index is 784. The minimum Gasteiger partial charge on any atom is -0.341 e. The van der Waals surface area contributed by atoms with E-state index in [0.29, 0.717) is 16.8 Å². The molecule has 6 heteroatoms. The number of nitrogens with zero attached hydrogens (tertiary/aromatic N) is 1. The molecule has 0 unspecified atom stereocenters. The smallest absolute Gasteiger partial charge is 0.255 e. The predicted octanol–water partition coefficient (Wildman–Crippen LogP) is 2.81. The number of carbonyl (C=O) groups excluding carboxylic acids is 2. The molecule has 0 saturated carbocycles. The van der Waals surface area contributed by atoms with Crippen molar-refractivity contribution in [3.63, 3.8) is 0 Å². The third-order valence-corrected chi connectivity index (χ3v) is 3.87. The van der Waals surface area contributed by atoms with Crippen LogP contribution < -0.4 is 10.6 Å². The molecule has 0 radical (unpaired) electrons. The van der Waals surface area contributed by atoms with E-state index in [1.54, 1.807) is 54.4 Å². The van der Waals surface area contributed by atoms with Gasteiger partial charge in [0.15, 0.2) is 0 Å². The van der Waals surface area contributed by atoms with Gasteiger partial charge in [0, 0.05) is 11.8 Å². The Kier molecular flexibility index (Phi) is 6.41. The monoisotopic (exact) mass is 339 g/mol. The summed E-state index contributed by atoms with van der Waals surface area (Å²) in [6, 6.07) is 10.1. The number of benzene rings is 1. The molecule has 1 aromatic heterocycles. The summed E-state index contributed by atoms with van der Waals surface area (Å²) in [5.74, 6) is 2.58. The van der Waals surface area contributed by atoms with Crippen LogP contribution >= 0.6 is 11.8 Å². The fourth-order valence-corrected chi connectivity index (χ4v) is 2.63. The van der Waals surface area contributed by atoms with Gasteiger partial charge in [-0.3, -0.25) is 9.59 Å². The Morgan fingerprint density at radius 3 is 2.79 bits per heavy atom. The predicted molar refractivity (Wildman–Crippen MR) is 96.2 cm³/mol. The molecule has 0 aliphatic rings. The van der Waals surface area contributed by atoms with E-state index in [0.717, 1.165) is 10.8 Å². The molecule has 2 N–H and O–H groups in total. The maximum absolute atomic E-state index is 12.4. The van der Waals surface area contributed by atoms with Gasteiger partial charge in [-0.15, -0.1) is 18.2 Å². The van der Waals surface area contributed by atoms with Gasteiger partial charge < -0.3 is 10.6 Å². The van der Waals surface area contributed by atoms with Crippen LogP contribution in [0.25, 0.3) is 0 Å². The molecule has 2 rings (SSSR count). The van der Waals surface area contributed by atoms with Crippen LogP contribution in [-0.4, -0.2) is 29.1 Å². The summed E-state index contributed by atoms with van der Waals surface area (Å²) in [6.07, 6.45) is 6.74. The van der Waals surface area contributed by atoms with Crippen LogP contribution in [0.15, 0.2) is 47.6 Å². The average molecular weight is 339 g/mol. The van der Waals surface area contributed by atoms with Gasteiger partial charge in [0.25, 0.3) is 11.8 Å². The molecule has 1 aromatic carbocycles. The maximum Gasteiger partial charge on any atom is 0.255 e. The summed E-state index contributed by atoms with van der Waals surface area (Å²) in [5.41, 5.74) is 1.27. The first-order valence-electron chi connectivity index (χ1n) is 7.36. The van der Waals surface area contributed by atoms with Crippen molar-refractivity contribution in [2.24, 2.45) is 0 Å². The Morgan fingerprint density at radius 1 is 1.25 bits per heavy atom. The van der Waals surface area contributed by atoms with Crippen LogP contribution in [-0.2, 0) is 0 Å². The van der Waals surface area contributed by atoms with Gasteiger partial charge in [-0.25, -0.2) is 4.98 Å². The van der Waals surface area contributed by atoms with E-state index in [1.807, 2.05) is 6.92 Å². The van der Waals surface area contributed by atoms with Gasteiger partial charge in [-0.2, -0.15) is 0 Å². The zero-order chi connectivity index (χ0) is 17.4. The second-order valence-electron chi connectivity index (χ2n) is 4.70. The molecule has 0 spiro atoms. The molecular formula is C18H17N3O2S. The Balaban J connectivity index is 2.19. The molecule has 0 fully saturated rings. The lowest BCUT2D eigenvalue weighted by molar-refractivity contribution is 0.0959. The molecule has 24 heavy (non-hydrogen) atoms. The Morgan fingerprint density at radius 2 is 2.04 bits per heavy atom. The number of carbonyl (C=O) groups is 2. The quantitative estimate of drug-likeness (QED) is 0.627. The first-order valence-corrected chi connectivity index (χ1v) is 8.35. The molecule has 122 valence electrons. The van der Waals surface area contributed by atoms with E-state index in [4.69, 9.17) is 6.42 Å². The van der Waals surface area contributed by atoms with Crippen molar-refractivity contribution in [2.45, 2.75) is 11.9 Å². The van der Waals surface area contributed by atoms with E-state index >= 15 is 0 Å². The highest BCUT2D eigenvalue weighted by atomic mass is 32.2. The molecule has 0 aliphatic heterocycles. The molecule has 0 aliphatic carbocycles. The number of anilines is 1. The van der Waals surface area contributed by atoms with Crippen molar-refractivity contribution >= 4 is 29.3 Å². The number of nitrogens with one attached hydrogen (secondary N) is 2. The number of hydrogen-bond acceptors (Lipinski definition) is 4. The van der Waals surface area contributed by atoms with Gasteiger partial charge in [0.1, 0.15) is 0 Å². The SMILES string of the molecule is C#CCNC(=O)c1ccccc1NC(=O)c1ccnc(SCC)c1. The number of pyridine rings is 1. The summed E-state index contributed by atoms with van der Waals surface area (Å²) in [5, 5.41) is 6.14. The minimum atomic E-state index is -0.333. The van der Waals surface area contributed by atoms with Crippen LogP contribution in [0.5, 0.6) is 0 Å². The number of hydrogen-bond donors (Lipinski definition) is 2. The zero-order valence-corrected chi connectivity index (χ0v) is 14.0. The van der Waals surface area contributed by atoms with E-state index in [-0.39, 0.29) is 18.4 Å². The molecular weight excluding hydrogens is 322 g/mol. The van der Waals surface area contributed by atoms with E-state index < -0.39 is 0 Å². The molecule has 5 nitrogen and oxygen atoms in total. The van der Waals surface area contributed by atoms with Gasteiger partial charge in [-0.1, -0.05) is 25.0 Å². The maximum atomic E-state index is 12.4. The largest absolute Gasteiger partial charge is 0.341 e. The van der Waals surface area contributed by atoms with E-state index in [2.05, 4.69) is 21.5 Å². The fraction of sp³-hybridized carbons (Fsp3) is 0.167. The molecule has 2 amide bonds. The Hall–Kier alpha value is -2.78. The molecule has 1 heterocycles. The van der Waals surface area contributed by atoms with Crippen LogP contribution in [0.3, 0.4) is 0 Å². The second kappa shape index (κ2) is 8.75. The number of amides is 2. The van der Waals surface area contributed by atoms with Crippen molar-refractivity contribution in [1.82, 2.24) is 10.3 Å². The summed E-state index contributed by atoms with van der Waals surface area (Å²) < 4.78 is 0. The van der Waals surface area contributed by atoms with Gasteiger partial charge in [-0.05, 0) is 30.0 Å². The van der Waals surface area contributed by atoms with Crippen LogP contribution in [0, 0.1) is 12.3 Å². The number of para-hydroxylation sites is 1. The minimum absolute atomic E-state index is 0.128. The molecule has 2 aromatic rings. The van der Waals surface area contributed by atoms with Crippen LogP contribution in [0.1, 0.15) is 27.6 Å². The number of terminal acetylenes is 1. The van der Waals surface area contributed by atoms with Crippen LogP contribution in [0.4, 0.5) is 5.69 Å². The average Bonchev–Trinajstić information content (AvgIpc) is 2.60. The lowest BCUT2D eigenvalue weighted by atomic mass is 10.1. The number of thioether (sulfide) groups is 1. The highest BCUT2D eigenvalue weighted by molar-refractivity contribution is 7.99. The summed E-state index contributed by atoms with van der Waals surface area (Å²) in [4.78, 5) is 28.8. The summed E-state index contributed by atoms with van der Waals surface area (Å²) in [6.45, 7) is 2.15. The zero-order valence-electron chi connectivity index (χ0n) is 13.2.